The van der Waals surface area contributed by atoms with Gasteiger partial charge in [0.2, 0.25) is 0 Å². The fraction of sp³-hybridized carbons (Fsp3) is 0.459. The van der Waals surface area contributed by atoms with Gasteiger partial charge in [-0.3, -0.25) is 4.40 Å². The first-order valence-electron chi connectivity index (χ1n) is 16.5. The molecule has 222 valence electrons. The number of aliphatic hydroxyl groups excluding tert-OH is 2. The summed E-state index contributed by atoms with van der Waals surface area (Å²) >= 11 is 0. The SMILES string of the molecule is OC(c1c(-c2ccccc2)ccc2cncn12)C1CCC(C2CCCC(C(O)c3c(C4CC4)ccc4cncn34)C2)CC1. The quantitative estimate of drug-likeness (QED) is 0.207. The minimum Gasteiger partial charge on any atom is -0.387 e. The molecular weight excluding hydrogens is 532 g/mol. The summed E-state index contributed by atoms with van der Waals surface area (Å²) in [5, 5.41) is 23.8. The van der Waals surface area contributed by atoms with Crippen LogP contribution in [0.15, 0.2) is 79.6 Å². The number of rotatable bonds is 7. The average molecular weight is 575 g/mol. The predicted octanol–water partition coefficient (Wildman–Crippen LogP) is 7.91. The van der Waals surface area contributed by atoms with Crippen LogP contribution >= 0.6 is 0 Å². The van der Waals surface area contributed by atoms with Crippen molar-refractivity contribution in [1.29, 1.82) is 0 Å². The van der Waals surface area contributed by atoms with Crippen LogP contribution in [0.3, 0.4) is 0 Å². The van der Waals surface area contributed by atoms with Crippen molar-refractivity contribution in [2.75, 3.05) is 0 Å². The van der Waals surface area contributed by atoms with Crippen LogP contribution in [0.5, 0.6) is 0 Å². The molecule has 6 heteroatoms. The highest BCUT2D eigenvalue weighted by atomic mass is 16.3. The average Bonchev–Trinajstić information content (AvgIpc) is 3.59. The van der Waals surface area contributed by atoms with Crippen molar-refractivity contribution in [1.82, 2.24) is 18.8 Å². The molecule has 43 heavy (non-hydrogen) atoms. The lowest BCUT2D eigenvalue weighted by Gasteiger charge is -2.40. The summed E-state index contributed by atoms with van der Waals surface area (Å²) in [4.78, 5) is 8.80. The second-order valence-electron chi connectivity index (χ2n) is 13.6. The Bertz CT molecular complexity index is 1710. The maximum Gasteiger partial charge on any atom is 0.0995 e. The number of pyridine rings is 2. The van der Waals surface area contributed by atoms with Crippen LogP contribution in [0.4, 0.5) is 0 Å². The van der Waals surface area contributed by atoms with Crippen LogP contribution in [-0.4, -0.2) is 29.0 Å². The molecule has 3 fully saturated rings. The van der Waals surface area contributed by atoms with Crippen molar-refractivity contribution in [3.8, 4) is 11.1 Å². The summed E-state index contributed by atoms with van der Waals surface area (Å²) in [6.07, 6.45) is 18.0. The molecule has 0 aliphatic heterocycles. The lowest BCUT2D eigenvalue weighted by Crippen LogP contribution is -2.31. The molecule has 2 N–H and O–H groups in total. The molecule has 0 spiro atoms. The number of benzene rings is 1. The largest absolute Gasteiger partial charge is 0.387 e. The van der Waals surface area contributed by atoms with Gasteiger partial charge in [0.25, 0.3) is 0 Å². The molecule has 3 aliphatic carbocycles. The number of aromatic nitrogens is 4. The fourth-order valence-corrected chi connectivity index (χ4v) is 8.62. The zero-order valence-corrected chi connectivity index (χ0v) is 24.8. The van der Waals surface area contributed by atoms with Crippen LogP contribution in [0, 0.1) is 23.7 Å². The van der Waals surface area contributed by atoms with Gasteiger partial charge in [-0.15, -0.1) is 0 Å². The normalized spacial score (nSPS) is 26.1. The summed E-state index contributed by atoms with van der Waals surface area (Å²) in [7, 11) is 0. The Morgan fingerprint density at radius 3 is 2.02 bits per heavy atom. The predicted molar refractivity (Wildman–Crippen MR) is 169 cm³/mol. The van der Waals surface area contributed by atoms with E-state index in [1.165, 1.54) is 31.2 Å². The van der Waals surface area contributed by atoms with Gasteiger partial charge in [-0.25, -0.2) is 9.97 Å². The minimum absolute atomic E-state index is 0.233. The van der Waals surface area contributed by atoms with Crippen molar-refractivity contribution >= 4 is 11.0 Å². The molecule has 0 bridgehead atoms. The minimum atomic E-state index is -0.536. The number of aliphatic hydroxyl groups is 2. The van der Waals surface area contributed by atoms with E-state index in [-0.39, 0.29) is 5.92 Å². The second kappa shape index (κ2) is 11.2. The summed E-state index contributed by atoms with van der Waals surface area (Å²) in [5.74, 6) is 2.43. The third-order valence-corrected chi connectivity index (χ3v) is 11.1. The third kappa shape index (κ3) is 4.98. The van der Waals surface area contributed by atoms with Crippen molar-refractivity contribution in [2.45, 2.75) is 82.3 Å². The summed E-state index contributed by atoms with van der Waals surface area (Å²) in [6, 6.07) is 19.0. The van der Waals surface area contributed by atoms with Crippen LogP contribution in [0.2, 0.25) is 0 Å². The first-order chi connectivity index (χ1) is 21.2. The van der Waals surface area contributed by atoms with Gasteiger partial charge in [-0.05, 0) is 104 Å². The Balaban J connectivity index is 0.982. The zero-order chi connectivity index (χ0) is 28.9. The van der Waals surface area contributed by atoms with Crippen molar-refractivity contribution in [2.24, 2.45) is 23.7 Å². The van der Waals surface area contributed by atoms with E-state index in [0.29, 0.717) is 23.7 Å². The van der Waals surface area contributed by atoms with Gasteiger partial charge >= 0.3 is 0 Å². The standard InChI is InChI=1S/C37H42N4O2/c42-36(34-32(25-5-2-1-3-6-25)17-15-30-20-38-22-40(30)34)27-13-9-24(10-14-27)28-7-4-8-29(19-28)37(43)35-33(26-11-12-26)18-16-31-21-39-23-41(31)35/h1-3,5-6,15-18,20-24,26-29,36-37,42-43H,4,7-14,19H2. The van der Waals surface area contributed by atoms with Crippen LogP contribution in [-0.2, 0) is 0 Å². The number of imidazole rings is 2. The molecule has 0 amide bonds. The molecule has 0 radical (unpaired) electrons. The highest BCUT2D eigenvalue weighted by molar-refractivity contribution is 5.69. The monoisotopic (exact) mass is 574 g/mol. The first kappa shape index (κ1) is 27.1. The van der Waals surface area contributed by atoms with Gasteiger partial charge in [-0.2, -0.15) is 0 Å². The molecule has 4 atom stereocenters. The Morgan fingerprint density at radius 2 is 1.30 bits per heavy atom. The molecule has 5 aromatic rings. The Morgan fingerprint density at radius 1 is 0.628 bits per heavy atom. The summed E-state index contributed by atoms with van der Waals surface area (Å²) in [5.41, 5.74) is 7.70. The molecule has 4 unspecified atom stereocenters. The summed E-state index contributed by atoms with van der Waals surface area (Å²) in [6.45, 7) is 0. The van der Waals surface area contributed by atoms with Gasteiger partial charge in [0.15, 0.2) is 0 Å². The maximum absolute atomic E-state index is 11.9. The maximum atomic E-state index is 11.9. The first-order valence-corrected chi connectivity index (χ1v) is 16.5. The number of fused-ring (bicyclic) bond motifs is 2. The highest BCUT2D eigenvalue weighted by Gasteiger charge is 2.38. The molecule has 3 saturated carbocycles. The van der Waals surface area contributed by atoms with E-state index in [2.05, 4.69) is 67.3 Å². The van der Waals surface area contributed by atoms with E-state index >= 15 is 0 Å². The lowest BCUT2D eigenvalue weighted by atomic mass is 9.66. The number of nitrogens with zero attached hydrogens (tertiary/aromatic N) is 4. The highest BCUT2D eigenvalue weighted by Crippen LogP contribution is 2.49. The van der Waals surface area contributed by atoms with Gasteiger partial charge in [0.05, 0.1) is 59.7 Å². The smallest absolute Gasteiger partial charge is 0.0995 e. The summed E-state index contributed by atoms with van der Waals surface area (Å²) < 4.78 is 4.24. The third-order valence-electron chi connectivity index (χ3n) is 11.1. The lowest BCUT2D eigenvalue weighted by molar-refractivity contribution is 0.0277. The van der Waals surface area contributed by atoms with Crippen molar-refractivity contribution in [3.63, 3.8) is 0 Å². The van der Waals surface area contributed by atoms with E-state index in [1.54, 1.807) is 0 Å². The number of hydrogen-bond donors (Lipinski definition) is 2. The molecule has 3 aliphatic rings. The van der Waals surface area contributed by atoms with E-state index in [1.807, 2.05) is 31.1 Å². The molecule has 6 nitrogen and oxygen atoms in total. The van der Waals surface area contributed by atoms with Gasteiger partial charge in [-0.1, -0.05) is 55.3 Å². The second-order valence-corrected chi connectivity index (χ2v) is 13.6. The zero-order valence-electron chi connectivity index (χ0n) is 24.8. The molecule has 8 rings (SSSR count). The Labute approximate surface area is 253 Å². The topological polar surface area (TPSA) is 75.1 Å². The van der Waals surface area contributed by atoms with Crippen LogP contribution in [0.25, 0.3) is 22.2 Å². The molecule has 4 aromatic heterocycles. The van der Waals surface area contributed by atoms with Crippen molar-refractivity contribution in [3.05, 3.63) is 96.6 Å². The fourth-order valence-electron chi connectivity index (χ4n) is 8.62. The van der Waals surface area contributed by atoms with E-state index in [9.17, 15) is 10.2 Å². The Kier molecular flexibility index (Phi) is 7.07. The van der Waals surface area contributed by atoms with Gasteiger partial charge in [0, 0.05) is 5.56 Å². The Hall–Kier alpha value is -3.48. The molecule has 0 saturated heterocycles. The van der Waals surface area contributed by atoms with Crippen LogP contribution < -0.4 is 0 Å². The molecule has 4 heterocycles. The van der Waals surface area contributed by atoms with Crippen molar-refractivity contribution < 1.29 is 10.2 Å². The molecular formula is C37H42N4O2. The van der Waals surface area contributed by atoms with Gasteiger partial charge in [0.1, 0.15) is 0 Å². The van der Waals surface area contributed by atoms with Gasteiger partial charge < -0.3 is 14.6 Å². The van der Waals surface area contributed by atoms with Crippen LogP contribution in [0.1, 0.15) is 99.3 Å². The van der Waals surface area contributed by atoms with E-state index < -0.39 is 12.2 Å². The van der Waals surface area contributed by atoms with E-state index in [4.69, 9.17) is 0 Å². The number of hydrogen-bond acceptors (Lipinski definition) is 4. The van der Waals surface area contributed by atoms with E-state index in [0.717, 1.165) is 72.1 Å². The molecule has 1 aromatic carbocycles.